The van der Waals surface area contributed by atoms with Crippen molar-refractivity contribution in [2.75, 3.05) is 5.43 Å². The number of thioether (sulfide) groups is 1. The summed E-state index contributed by atoms with van der Waals surface area (Å²) in [7, 11) is 0. The molecule has 0 radical (unpaired) electrons. The van der Waals surface area contributed by atoms with Crippen molar-refractivity contribution in [1.29, 1.82) is 0 Å². The van der Waals surface area contributed by atoms with Crippen LogP contribution in [0.1, 0.15) is 5.56 Å². The number of nitrogen functional groups attached to an aromatic ring is 1. The molecule has 0 aliphatic rings. The number of rotatable bonds is 4. The minimum Gasteiger partial charge on any atom is -0.308 e. The summed E-state index contributed by atoms with van der Waals surface area (Å²) in [5.74, 6) is 6.71. The SMILES string of the molecule is NNc1ccc(CSc2nnc3ccccn23)cn1. The van der Waals surface area contributed by atoms with Gasteiger partial charge in [-0.05, 0) is 23.8 Å². The van der Waals surface area contributed by atoms with E-state index in [1.807, 2.05) is 40.9 Å². The summed E-state index contributed by atoms with van der Waals surface area (Å²) in [6.07, 6.45) is 3.75. The average molecular weight is 272 g/mol. The molecule has 0 bridgehead atoms. The summed E-state index contributed by atoms with van der Waals surface area (Å²) in [4.78, 5) is 4.17. The summed E-state index contributed by atoms with van der Waals surface area (Å²) in [6.45, 7) is 0. The molecule has 0 aromatic carbocycles. The van der Waals surface area contributed by atoms with Crippen LogP contribution in [-0.4, -0.2) is 19.6 Å². The van der Waals surface area contributed by atoms with Crippen LogP contribution < -0.4 is 11.3 Å². The fraction of sp³-hybridized carbons (Fsp3) is 0.0833. The molecule has 0 saturated heterocycles. The van der Waals surface area contributed by atoms with Crippen molar-refractivity contribution in [2.45, 2.75) is 10.9 Å². The predicted octanol–water partition coefficient (Wildman–Crippen LogP) is 1.70. The van der Waals surface area contributed by atoms with Gasteiger partial charge < -0.3 is 5.43 Å². The topological polar surface area (TPSA) is 81.1 Å². The second-order valence-corrected chi connectivity index (χ2v) is 4.84. The van der Waals surface area contributed by atoms with Gasteiger partial charge in [-0.2, -0.15) is 0 Å². The fourth-order valence-electron chi connectivity index (χ4n) is 1.66. The van der Waals surface area contributed by atoms with Gasteiger partial charge in [0.05, 0.1) is 0 Å². The second-order valence-electron chi connectivity index (χ2n) is 3.90. The highest BCUT2D eigenvalue weighted by Crippen LogP contribution is 2.21. The van der Waals surface area contributed by atoms with E-state index in [1.54, 1.807) is 18.0 Å². The molecule has 3 heterocycles. The summed E-state index contributed by atoms with van der Waals surface area (Å²) in [5.41, 5.74) is 4.46. The van der Waals surface area contributed by atoms with Gasteiger partial charge >= 0.3 is 0 Å². The lowest BCUT2D eigenvalue weighted by molar-refractivity contribution is 0.921. The highest BCUT2D eigenvalue weighted by Gasteiger charge is 2.05. The molecular weight excluding hydrogens is 260 g/mol. The zero-order chi connectivity index (χ0) is 13.1. The van der Waals surface area contributed by atoms with Crippen LogP contribution in [0.2, 0.25) is 0 Å². The Bertz CT molecular complexity index is 678. The molecule has 0 amide bonds. The molecule has 0 atom stereocenters. The molecular formula is C12H12N6S. The van der Waals surface area contributed by atoms with E-state index < -0.39 is 0 Å². The molecule has 7 heteroatoms. The van der Waals surface area contributed by atoms with E-state index >= 15 is 0 Å². The Morgan fingerprint density at radius 2 is 2.16 bits per heavy atom. The van der Waals surface area contributed by atoms with Gasteiger partial charge in [-0.3, -0.25) is 4.40 Å². The molecule has 3 N–H and O–H groups in total. The third-order valence-electron chi connectivity index (χ3n) is 2.62. The number of hydrogen-bond donors (Lipinski definition) is 2. The Morgan fingerprint density at radius 1 is 1.21 bits per heavy atom. The number of aromatic nitrogens is 4. The van der Waals surface area contributed by atoms with Crippen LogP contribution >= 0.6 is 11.8 Å². The van der Waals surface area contributed by atoms with E-state index in [0.29, 0.717) is 5.82 Å². The number of nitrogens with zero attached hydrogens (tertiary/aromatic N) is 4. The highest BCUT2D eigenvalue weighted by molar-refractivity contribution is 7.98. The highest BCUT2D eigenvalue weighted by atomic mass is 32.2. The van der Waals surface area contributed by atoms with E-state index in [1.165, 1.54) is 0 Å². The lowest BCUT2D eigenvalue weighted by atomic mass is 10.3. The number of nitrogens with two attached hydrogens (primary N) is 1. The number of hydrogen-bond acceptors (Lipinski definition) is 6. The minimum atomic E-state index is 0.654. The molecule has 3 rings (SSSR count). The zero-order valence-corrected chi connectivity index (χ0v) is 10.8. The van der Waals surface area contributed by atoms with Crippen LogP contribution in [0.25, 0.3) is 5.65 Å². The van der Waals surface area contributed by atoms with Crippen molar-refractivity contribution in [3.8, 4) is 0 Å². The molecule has 0 unspecified atom stereocenters. The Balaban J connectivity index is 1.74. The van der Waals surface area contributed by atoms with Crippen LogP contribution in [0.5, 0.6) is 0 Å². The van der Waals surface area contributed by atoms with Crippen molar-refractivity contribution in [3.63, 3.8) is 0 Å². The van der Waals surface area contributed by atoms with Gasteiger partial charge in [-0.1, -0.05) is 23.9 Å². The number of hydrazine groups is 1. The van der Waals surface area contributed by atoms with E-state index in [4.69, 9.17) is 5.84 Å². The monoisotopic (exact) mass is 272 g/mol. The summed E-state index contributed by atoms with van der Waals surface area (Å²) in [5, 5.41) is 9.15. The lowest BCUT2D eigenvalue weighted by Gasteiger charge is -2.02. The second kappa shape index (κ2) is 5.25. The summed E-state index contributed by atoms with van der Waals surface area (Å²) in [6, 6.07) is 9.67. The number of fused-ring (bicyclic) bond motifs is 1. The molecule has 0 saturated carbocycles. The Kier molecular flexibility index (Phi) is 3.30. The molecule has 3 aromatic heterocycles. The minimum absolute atomic E-state index is 0.654. The van der Waals surface area contributed by atoms with Crippen LogP contribution in [-0.2, 0) is 5.75 Å². The first-order chi connectivity index (χ1) is 9.36. The molecule has 0 spiro atoms. The van der Waals surface area contributed by atoms with Crippen molar-refractivity contribution in [2.24, 2.45) is 5.84 Å². The van der Waals surface area contributed by atoms with Gasteiger partial charge in [-0.25, -0.2) is 10.8 Å². The molecule has 3 aromatic rings. The lowest BCUT2D eigenvalue weighted by Crippen LogP contribution is -2.08. The van der Waals surface area contributed by atoms with E-state index in [9.17, 15) is 0 Å². The van der Waals surface area contributed by atoms with Gasteiger partial charge in [0.1, 0.15) is 5.82 Å². The maximum absolute atomic E-state index is 5.27. The van der Waals surface area contributed by atoms with Gasteiger partial charge in [-0.15, -0.1) is 10.2 Å². The molecule has 19 heavy (non-hydrogen) atoms. The Morgan fingerprint density at radius 3 is 2.95 bits per heavy atom. The largest absolute Gasteiger partial charge is 0.308 e. The first kappa shape index (κ1) is 11.9. The van der Waals surface area contributed by atoms with E-state index in [2.05, 4.69) is 20.6 Å². The zero-order valence-electron chi connectivity index (χ0n) is 10.0. The quantitative estimate of drug-likeness (QED) is 0.427. The third-order valence-corrected chi connectivity index (χ3v) is 3.64. The Hall–Kier alpha value is -2.12. The first-order valence-corrected chi connectivity index (χ1v) is 6.69. The Labute approximate surface area is 114 Å². The number of anilines is 1. The third kappa shape index (κ3) is 2.51. The van der Waals surface area contributed by atoms with Crippen molar-refractivity contribution in [3.05, 3.63) is 48.3 Å². The summed E-state index contributed by atoms with van der Waals surface area (Å²) >= 11 is 1.62. The van der Waals surface area contributed by atoms with E-state index in [-0.39, 0.29) is 0 Å². The van der Waals surface area contributed by atoms with Crippen molar-refractivity contribution >= 4 is 23.2 Å². The molecule has 6 nitrogen and oxygen atoms in total. The number of pyridine rings is 2. The van der Waals surface area contributed by atoms with Crippen molar-refractivity contribution < 1.29 is 0 Å². The fourth-order valence-corrected chi connectivity index (χ4v) is 2.52. The smallest absolute Gasteiger partial charge is 0.195 e. The molecule has 0 aliphatic heterocycles. The first-order valence-electron chi connectivity index (χ1n) is 5.71. The van der Waals surface area contributed by atoms with Crippen LogP contribution in [0.4, 0.5) is 5.82 Å². The standard InChI is InChI=1S/C12H12N6S/c13-15-10-5-4-9(7-14-10)8-19-12-17-16-11-3-1-2-6-18(11)12/h1-7H,8,13H2,(H,14,15). The average Bonchev–Trinajstić information content (AvgIpc) is 2.89. The maximum Gasteiger partial charge on any atom is 0.195 e. The van der Waals surface area contributed by atoms with Crippen LogP contribution in [0.15, 0.2) is 47.9 Å². The van der Waals surface area contributed by atoms with Gasteiger partial charge in [0.2, 0.25) is 0 Å². The van der Waals surface area contributed by atoms with Crippen molar-refractivity contribution in [1.82, 2.24) is 19.6 Å². The summed E-state index contributed by atoms with van der Waals surface area (Å²) < 4.78 is 1.97. The molecule has 0 aliphatic carbocycles. The molecule has 0 fully saturated rings. The van der Waals surface area contributed by atoms with Crippen LogP contribution in [0.3, 0.4) is 0 Å². The molecule has 96 valence electrons. The number of nitrogens with one attached hydrogen (secondary N) is 1. The predicted molar refractivity (Wildman–Crippen MR) is 74.6 cm³/mol. The normalized spacial score (nSPS) is 10.8. The van der Waals surface area contributed by atoms with Gasteiger partial charge in [0.25, 0.3) is 0 Å². The van der Waals surface area contributed by atoms with E-state index in [0.717, 1.165) is 22.1 Å². The van der Waals surface area contributed by atoms with Gasteiger partial charge in [0, 0.05) is 18.1 Å². The maximum atomic E-state index is 5.27. The van der Waals surface area contributed by atoms with Gasteiger partial charge in [0.15, 0.2) is 10.8 Å². The van der Waals surface area contributed by atoms with Crippen LogP contribution in [0, 0.1) is 0 Å².